The number of nitrogen functional groups attached to an aromatic ring is 1. The van der Waals surface area contributed by atoms with Gasteiger partial charge < -0.3 is 22.1 Å². The van der Waals surface area contributed by atoms with Crippen molar-refractivity contribution in [3.63, 3.8) is 0 Å². The van der Waals surface area contributed by atoms with E-state index in [0.717, 1.165) is 24.3 Å². The molecule has 7 nitrogen and oxygen atoms in total. The molecule has 178 valence electrons. The Labute approximate surface area is 192 Å². The number of hydrogen-bond acceptors (Lipinski definition) is 5. The average molecular weight is 444 g/mol. The first-order valence-electron chi connectivity index (χ1n) is 12.4. The molecule has 7 heteroatoms. The number of nitrogens with two attached hydrogens (primary N) is 2. The number of carbonyl (C=O) groups excluding carboxylic acids is 2. The molecule has 3 rings (SSSR count). The summed E-state index contributed by atoms with van der Waals surface area (Å²) in [5, 5.41) is 6.00. The first-order valence-corrected chi connectivity index (χ1v) is 12.4. The van der Waals surface area contributed by atoms with Crippen LogP contribution < -0.4 is 22.1 Å². The Kier molecular flexibility index (Phi) is 8.91. The summed E-state index contributed by atoms with van der Waals surface area (Å²) >= 11 is 0. The van der Waals surface area contributed by atoms with Gasteiger partial charge in [-0.1, -0.05) is 64.9 Å². The lowest BCUT2D eigenvalue weighted by molar-refractivity contribution is -0.131. The van der Waals surface area contributed by atoms with Crippen LogP contribution in [0.25, 0.3) is 0 Å². The summed E-state index contributed by atoms with van der Waals surface area (Å²) in [6.45, 7) is 4.35. The highest BCUT2D eigenvalue weighted by Crippen LogP contribution is 2.45. The van der Waals surface area contributed by atoms with Crippen molar-refractivity contribution in [3.8, 4) is 0 Å². The van der Waals surface area contributed by atoms with Crippen LogP contribution in [0.2, 0.25) is 0 Å². The van der Waals surface area contributed by atoms with Gasteiger partial charge in [-0.2, -0.15) is 0 Å². The Balaban J connectivity index is 1.68. The Bertz CT molecular complexity index is 751. The second-order valence-electron chi connectivity index (χ2n) is 9.92. The third kappa shape index (κ3) is 6.44. The van der Waals surface area contributed by atoms with Gasteiger partial charge in [-0.3, -0.25) is 9.59 Å². The van der Waals surface area contributed by atoms with Crippen molar-refractivity contribution < 1.29 is 9.59 Å². The number of nitrogens with zero attached hydrogens (tertiary/aromatic N) is 1. The van der Waals surface area contributed by atoms with Crippen LogP contribution in [0.3, 0.4) is 0 Å². The summed E-state index contributed by atoms with van der Waals surface area (Å²) in [6, 6.07) is 2.40. The van der Waals surface area contributed by atoms with Crippen molar-refractivity contribution in [2.75, 3.05) is 5.73 Å². The van der Waals surface area contributed by atoms with Crippen molar-refractivity contribution in [2.45, 2.75) is 90.3 Å². The van der Waals surface area contributed by atoms with Crippen molar-refractivity contribution in [3.05, 3.63) is 23.9 Å². The zero-order chi connectivity index (χ0) is 23.1. The largest absolute Gasteiger partial charge is 0.384 e. The van der Waals surface area contributed by atoms with E-state index in [1.54, 1.807) is 12.3 Å². The fourth-order valence-electron chi connectivity index (χ4n) is 5.53. The second-order valence-corrected chi connectivity index (χ2v) is 9.92. The third-order valence-electron chi connectivity index (χ3n) is 7.77. The Morgan fingerprint density at radius 3 is 2.59 bits per heavy atom. The molecule has 2 aliphatic carbocycles. The van der Waals surface area contributed by atoms with Gasteiger partial charge in [0.2, 0.25) is 11.8 Å². The standard InChI is InChI=1S/C25H41N5O2/c1-3-16(2)23(27)25(32)30-21(24(31)29-15-17-11-12-22(26)28-14-17)13-19-9-6-8-18-7-4-5-10-20(18)19/h11-12,14,16,18-21,23H,3-10,13,15,27H2,1-2H3,(H2,26,28)(H,29,31)(H,30,32)/t16?,18?,19?,20-,21+,23?/m0/s1. The minimum Gasteiger partial charge on any atom is -0.384 e. The molecule has 4 unspecified atom stereocenters. The smallest absolute Gasteiger partial charge is 0.242 e. The molecule has 0 radical (unpaired) electrons. The van der Waals surface area contributed by atoms with Gasteiger partial charge in [-0.05, 0) is 48.1 Å². The number of nitrogens with one attached hydrogen (secondary N) is 2. The second kappa shape index (κ2) is 11.6. The maximum atomic E-state index is 13.2. The normalized spacial score (nSPS) is 25.8. The Morgan fingerprint density at radius 1 is 1.12 bits per heavy atom. The highest BCUT2D eigenvalue weighted by Gasteiger charge is 2.37. The van der Waals surface area contributed by atoms with E-state index >= 15 is 0 Å². The fraction of sp³-hybridized carbons (Fsp3) is 0.720. The van der Waals surface area contributed by atoms with E-state index in [9.17, 15) is 9.59 Å². The molecule has 6 atom stereocenters. The lowest BCUT2D eigenvalue weighted by atomic mass is 9.64. The van der Waals surface area contributed by atoms with Crippen LogP contribution in [0.5, 0.6) is 0 Å². The van der Waals surface area contributed by atoms with Crippen LogP contribution in [-0.2, 0) is 16.1 Å². The van der Waals surface area contributed by atoms with E-state index in [2.05, 4.69) is 15.6 Å². The van der Waals surface area contributed by atoms with Gasteiger partial charge in [-0.25, -0.2) is 4.98 Å². The predicted molar refractivity (Wildman–Crippen MR) is 127 cm³/mol. The lowest BCUT2D eigenvalue weighted by Crippen LogP contribution is -2.54. The number of hydrogen-bond donors (Lipinski definition) is 4. The van der Waals surface area contributed by atoms with Gasteiger partial charge in [0.15, 0.2) is 0 Å². The summed E-state index contributed by atoms with van der Waals surface area (Å²) in [7, 11) is 0. The number of carbonyl (C=O) groups is 2. The molecule has 1 aromatic rings. The van der Waals surface area contributed by atoms with Gasteiger partial charge in [0.05, 0.1) is 6.04 Å². The molecule has 2 saturated carbocycles. The molecule has 6 N–H and O–H groups in total. The zero-order valence-corrected chi connectivity index (χ0v) is 19.7. The first kappa shape index (κ1) is 24.5. The fourth-order valence-corrected chi connectivity index (χ4v) is 5.53. The average Bonchev–Trinajstić information content (AvgIpc) is 2.82. The highest BCUT2D eigenvalue weighted by atomic mass is 16.2. The van der Waals surface area contributed by atoms with Crippen molar-refractivity contribution in [2.24, 2.45) is 29.4 Å². The van der Waals surface area contributed by atoms with Crippen LogP contribution in [0.15, 0.2) is 18.3 Å². The van der Waals surface area contributed by atoms with E-state index in [1.165, 1.54) is 38.5 Å². The summed E-state index contributed by atoms with van der Waals surface area (Å²) in [6.07, 6.45) is 12.0. The van der Waals surface area contributed by atoms with Crippen LogP contribution in [-0.4, -0.2) is 28.9 Å². The van der Waals surface area contributed by atoms with E-state index in [-0.39, 0.29) is 17.7 Å². The topological polar surface area (TPSA) is 123 Å². The van der Waals surface area contributed by atoms with Crippen molar-refractivity contribution >= 4 is 17.6 Å². The molecule has 1 heterocycles. The van der Waals surface area contributed by atoms with E-state index in [4.69, 9.17) is 11.5 Å². The van der Waals surface area contributed by atoms with Crippen LogP contribution in [0.4, 0.5) is 5.82 Å². The van der Waals surface area contributed by atoms with Gasteiger partial charge in [-0.15, -0.1) is 0 Å². The molecular formula is C25H41N5O2. The molecule has 1 aromatic heterocycles. The minimum atomic E-state index is -0.606. The van der Waals surface area contributed by atoms with Crippen molar-refractivity contribution in [1.82, 2.24) is 15.6 Å². The van der Waals surface area contributed by atoms with E-state index in [1.807, 2.05) is 19.9 Å². The number of anilines is 1. The molecule has 32 heavy (non-hydrogen) atoms. The highest BCUT2D eigenvalue weighted by molar-refractivity contribution is 5.89. The molecule has 0 spiro atoms. The number of fused-ring (bicyclic) bond motifs is 1. The van der Waals surface area contributed by atoms with Crippen LogP contribution in [0, 0.1) is 23.7 Å². The Hall–Kier alpha value is -2.15. The number of pyridine rings is 1. The van der Waals surface area contributed by atoms with Gasteiger partial charge in [0.25, 0.3) is 0 Å². The molecule has 2 aliphatic rings. The number of amides is 2. The van der Waals surface area contributed by atoms with Gasteiger partial charge in [0.1, 0.15) is 11.9 Å². The van der Waals surface area contributed by atoms with Gasteiger partial charge >= 0.3 is 0 Å². The Morgan fingerprint density at radius 2 is 1.88 bits per heavy atom. The molecule has 0 saturated heterocycles. The maximum Gasteiger partial charge on any atom is 0.242 e. The SMILES string of the molecule is CCC(C)C(N)C(=O)N[C@H](CC1CCCC2CCCC[C@@H]21)C(=O)NCc1ccc(N)nc1. The summed E-state index contributed by atoms with van der Waals surface area (Å²) in [4.78, 5) is 30.1. The number of rotatable bonds is 9. The van der Waals surface area contributed by atoms with E-state index < -0.39 is 12.1 Å². The summed E-state index contributed by atoms with van der Waals surface area (Å²) in [5.41, 5.74) is 12.7. The molecular weight excluding hydrogens is 402 g/mol. The number of aromatic nitrogens is 1. The monoisotopic (exact) mass is 443 g/mol. The quantitative estimate of drug-likeness (QED) is 0.467. The first-order chi connectivity index (χ1) is 15.4. The van der Waals surface area contributed by atoms with Crippen molar-refractivity contribution in [1.29, 1.82) is 0 Å². The molecule has 0 aromatic carbocycles. The van der Waals surface area contributed by atoms with Gasteiger partial charge in [0, 0.05) is 12.7 Å². The summed E-state index contributed by atoms with van der Waals surface area (Å²) < 4.78 is 0. The maximum absolute atomic E-state index is 13.2. The predicted octanol–water partition coefficient (Wildman–Crippen LogP) is 3.13. The third-order valence-corrected chi connectivity index (χ3v) is 7.77. The van der Waals surface area contributed by atoms with Crippen LogP contribution >= 0.6 is 0 Å². The lowest BCUT2D eigenvalue weighted by Gasteiger charge is -2.42. The molecule has 2 fully saturated rings. The molecule has 0 bridgehead atoms. The molecule has 0 aliphatic heterocycles. The minimum absolute atomic E-state index is 0.0666. The molecule has 2 amide bonds. The van der Waals surface area contributed by atoms with Crippen LogP contribution in [0.1, 0.15) is 77.2 Å². The zero-order valence-electron chi connectivity index (χ0n) is 19.7. The summed E-state index contributed by atoms with van der Waals surface area (Å²) in [5.74, 6) is 2.07. The van der Waals surface area contributed by atoms with E-state index in [0.29, 0.717) is 30.6 Å².